The summed E-state index contributed by atoms with van der Waals surface area (Å²) >= 11 is 0. The topological polar surface area (TPSA) is 52.2 Å². The number of piperidine rings is 1. The van der Waals surface area contributed by atoms with Crippen LogP contribution in [0, 0.1) is 6.92 Å². The highest BCUT2D eigenvalue weighted by Crippen LogP contribution is 2.32. The number of carbonyl (C=O) groups excluding carboxylic acids is 1. The summed E-state index contributed by atoms with van der Waals surface area (Å²) in [4.78, 5) is 25.8. The molecule has 0 radical (unpaired) electrons. The average Bonchev–Trinajstić information content (AvgIpc) is 3.20. The van der Waals surface area contributed by atoms with Crippen LogP contribution in [0.5, 0.6) is 0 Å². The second kappa shape index (κ2) is 7.03. The van der Waals surface area contributed by atoms with Gasteiger partial charge in [-0.25, -0.2) is 4.98 Å². The van der Waals surface area contributed by atoms with Gasteiger partial charge in [-0.2, -0.15) is 0 Å². The van der Waals surface area contributed by atoms with Crippen LogP contribution >= 0.6 is 0 Å². The van der Waals surface area contributed by atoms with Crippen molar-refractivity contribution in [2.75, 3.05) is 13.1 Å². The predicted molar refractivity (Wildman–Crippen MR) is 104 cm³/mol. The molecule has 0 aliphatic carbocycles. The summed E-state index contributed by atoms with van der Waals surface area (Å²) in [5.74, 6) is 1.29. The van der Waals surface area contributed by atoms with Gasteiger partial charge in [-0.1, -0.05) is 6.07 Å². The summed E-state index contributed by atoms with van der Waals surface area (Å²) in [6, 6.07) is 7.27. The molecule has 3 atom stereocenters. The van der Waals surface area contributed by atoms with Crippen LogP contribution in [0.2, 0.25) is 0 Å². The maximum Gasteiger partial charge on any atom is 0.237 e. The molecule has 5 heteroatoms. The van der Waals surface area contributed by atoms with Crippen LogP contribution < -0.4 is 0 Å². The van der Waals surface area contributed by atoms with Gasteiger partial charge in [0.25, 0.3) is 0 Å². The van der Waals surface area contributed by atoms with Crippen LogP contribution in [0.3, 0.4) is 0 Å². The van der Waals surface area contributed by atoms with Gasteiger partial charge in [0.2, 0.25) is 5.91 Å². The zero-order valence-electron chi connectivity index (χ0n) is 16.2. The molecular weight excluding hydrogens is 324 g/mol. The van der Waals surface area contributed by atoms with Crippen LogP contribution in [-0.2, 0) is 4.79 Å². The van der Waals surface area contributed by atoms with E-state index in [1.807, 2.05) is 0 Å². The lowest BCUT2D eigenvalue weighted by atomic mass is 9.97. The molecule has 2 saturated heterocycles. The third-order valence-corrected chi connectivity index (χ3v) is 6.15. The number of hydrogen-bond acceptors (Lipinski definition) is 3. The van der Waals surface area contributed by atoms with Crippen molar-refractivity contribution in [3.63, 3.8) is 0 Å². The monoisotopic (exact) mass is 354 g/mol. The molecule has 5 nitrogen and oxygen atoms in total. The highest BCUT2D eigenvalue weighted by atomic mass is 16.2. The summed E-state index contributed by atoms with van der Waals surface area (Å²) in [5.41, 5.74) is 3.35. The number of aromatic nitrogens is 2. The first-order chi connectivity index (χ1) is 12.5. The standard InChI is InChI=1S/C21H30N4O/c1-14-9-10-17-18(12-14)23-21(22-17)19-8-5-11-24(19)13-20(26)25-15(2)6-4-7-16(25)3/h9-10,12,15-16,19H,4-8,11,13H2,1-3H3,(H,22,23). The Bertz CT molecular complexity index is 788. The number of rotatable bonds is 3. The number of likely N-dealkylation sites (tertiary alicyclic amines) is 2. The van der Waals surface area contributed by atoms with Gasteiger partial charge in [0.05, 0.1) is 23.6 Å². The Kier molecular flexibility index (Phi) is 4.74. The van der Waals surface area contributed by atoms with E-state index in [1.165, 1.54) is 12.0 Å². The Morgan fingerprint density at radius 3 is 2.73 bits per heavy atom. The summed E-state index contributed by atoms with van der Waals surface area (Å²) in [5, 5.41) is 0. The number of fused-ring (bicyclic) bond motifs is 1. The zero-order valence-corrected chi connectivity index (χ0v) is 16.2. The number of nitrogens with one attached hydrogen (secondary N) is 1. The maximum atomic E-state index is 13.0. The van der Waals surface area contributed by atoms with Gasteiger partial charge in [-0.3, -0.25) is 9.69 Å². The molecule has 26 heavy (non-hydrogen) atoms. The van der Waals surface area contributed by atoms with E-state index >= 15 is 0 Å². The molecule has 3 unspecified atom stereocenters. The van der Waals surface area contributed by atoms with Gasteiger partial charge in [0, 0.05) is 12.1 Å². The number of aryl methyl sites for hydroxylation is 1. The lowest BCUT2D eigenvalue weighted by Crippen LogP contribution is -2.51. The predicted octanol–water partition coefficient (Wildman–Crippen LogP) is 3.80. The molecule has 2 aliphatic rings. The van der Waals surface area contributed by atoms with Crippen LogP contribution in [0.4, 0.5) is 0 Å². The summed E-state index contributed by atoms with van der Waals surface area (Å²) in [7, 11) is 0. The highest BCUT2D eigenvalue weighted by Gasteiger charge is 2.34. The summed E-state index contributed by atoms with van der Waals surface area (Å²) < 4.78 is 0. The van der Waals surface area contributed by atoms with Crippen molar-refractivity contribution in [3.8, 4) is 0 Å². The van der Waals surface area contributed by atoms with Gasteiger partial charge in [-0.15, -0.1) is 0 Å². The number of benzene rings is 1. The molecule has 1 N–H and O–H groups in total. The molecule has 140 valence electrons. The smallest absolute Gasteiger partial charge is 0.237 e. The fourth-order valence-electron chi connectivity index (χ4n) is 4.79. The van der Waals surface area contributed by atoms with Crippen LogP contribution in [0.1, 0.15) is 63.4 Å². The number of hydrogen-bond donors (Lipinski definition) is 1. The van der Waals surface area contributed by atoms with Crippen LogP contribution in [-0.4, -0.2) is 50.8 Å². The van der Waals surface area contributed by atoms with Crippen LogP contribution in [0.15, 0.2) is 18.2 Å². The van der Waals surface area contributed by atoms with Gasteiger partial charge >= 0.3 is 0 Å². The van der Waals surface area contributed by atoms with Crippen molar-refractivity contribution in [1.29, 1.82) is 0 Å². The Hall–Kier alpha value is -1.88. The van der Waals surface area contributed by atoms with E-state index in [-0.39, 0.29) is 11.9 Å². The third kappa shape index (κ3) is 3.25. The minimum atomic E-state index is 0.224. The Morgan fingerprint density at radius 1 is 1.19 bits per heavy atom. The molecule has 4 rings (SSSR count). The van der Waals surface area contributed by atoms with E-state index in [0.717, 1.165) is 49.1 Å². The molecule has 1 aromatic carbocycles. The quantitative estimate of drug-likeness (QED) is 0.912. The average molecular weight is 354 g/mol. The highest BCUT2D eigenvalue weighted by molar-refractivity contribution is 5.79. The van der Waals surface area contributed by atoms with E-state index in [2.05, 4.69) is 53.8 Å². The minimum Gasteiger partial charge on any atom is -0.341 e. The van der Waals surface area contributed by atoms with Gasteiger partial charge < -0.3 is 9.88 Å². The zero-order chi connectivity index (χ0) is 18.3. The molecular formula is C21H30N4O. The molecule has 2 aromatic rings. The first kappa shape index (κ1) is 17.5. The van der Waals surface area contributed by atoms with Crippen molar-refractivity contribution < 1.29 is 4.79 Å². The molecule has 1 amide bonds. The first-order valence-corrected chi connectivity index (χ1v) is 10.0. The van der Waals surface area contributed by atoms with E-state index < -0.39 is 0 Å². The van der Waals surface area contributed by atoms with E-state index in [9.17, 15) is 4.79 Å². The van der Waals surface area contributed by atoms with E-state index in [0.29, 0.717) is 18.6 Å². The normalized spacial score (nSPS) is 27.3. The molecule has 3 heterocycles. The second-order valence-corrected chi connectivity index (χ2v) is 8.20. The van der Waals surface area contributed by atoms with Crippen molar-refractivity contribution in [1.82, 2.24) is 19.8 Å². The minimum absolute atomic E-state index is 0.224. The van der Waals surface area contributed by atoms with Crippen LogP contribution in [0.25, 0.3) is 11.0 Å². The number of carbonyl (C=O) groups is 1. The van der Waals surface area contributed by atoms with E-state index in [1.54, 1.807) is 0 Å². The molecule has 0 bridgehead atoms. The number of H-pyrrole nitrogens is 1. The fraction of sp³-hybridized carbons (Fsp3) is 0.619. The third-order valence-electron chi connectivity index (χ3n) is 6.15. The fourth-order valence-corrected chi connectivity index (χ4v) is 4.79. The van der Waals surface area contributed by atoms with Crippen molar-refractivity contribution in [2.24, 2.45) is 0 Å². The summed E-state index contributed by atoms with van der Waals surface area (Å²) in [6.45, 7) is 7.97. The largest absolute Gasteiger partial charge is 0.341 e. The summed E-state index contributed by atoms with van der Waals surface area (Å²) in [6.07, 6.45) is 5.68. The Labute approximate surface area is 155 Å². The number of nitrogens with zero attached hydrogens (tertiary/aromatic N) is 3. The first-order valence-electron chi connectivity index (χ1n) is 10.0. The van der Waals surface area contributed by atoms with E-state index in [4.69, 9.17) is 4.98 Å². The molecule has 0 spiro atoms. The van der Waals surface area contributed by atoms with Crippen molar-refractivity contribution in [3.05, 3.63) is 29.6 Å². The van der Waals surface area contributed by atoms with Crippen molar-refractivity contribution >= 4 is 16.9 Å². The number of amides is 1. The Balaban J connectivity index is 1.51. The number of aromatic amines is 1. The molecule has 1 aromatic heterocycles. The lowest BCUT2D eigenvalue weighted by Gasteiger charge is -2.40. The van der Waals surface area contributed by atoms with Crippen molar-refractivity contribution in [2.45, 2.75) is 71.0 Å². The molecule has 0 saturated carbocycles. The SMILES string of the molecule is Cc1ccc2nc(C3CCCN3CC(=O)N3C(C)CCCC3C)[nH]c2c1. The molecule has 2 fully saturated rings. The van der Waals surface area contributed by atoms with Gasteiger partial charge in [0.15, 0.2) is 0 Å². The maximum absolute atomic E-state index is 13.0. The molecule has 2 aliphatic heterocycles. The van der Waals surface area contributed by atoms with Gasteiger partial charge in [-0.05, 0) is 77.1 Å². The second-order valence-electron chi connectivity index (χ2n) is 8.20. The Morgan fingerprint density at radius 2 is 1.96 bits per heavy atom. The number of imidazole rings is 1. The van der Waals surface area contributed by atoms with Gasteiger partial charge in [0.1, 0.15) is 5.82 Å². The lowest BCUT2D eigenvalue weighted by molar-refractivity contribution is -0.138.